The Morgan fingerprint density at radius 1 is 1.14 bits per heavy atom. The molecule has 1 saturated heterocycles. The summed E-state index contributed by atoms with van der Waals surface area (Å²) in [5.41, 5.74) is 0.137. The second-order valence-electron chi connectivity index (χ2n) is 8.33. The Labute approximate surface area is 166 Å². The summed E-state index contributed by atoms with van der Waals surface area (Å²) in [5.74, 6) is 1.81. The van der Waals surface area contributed by atoms with E-state index in [1.54, 1.807) is 7.05 Å². The normalized spacial score (nSPS) is 23.3. The first-order valence-corrected chi connectivity index (χ1v) is 10.3. The molecule has 1 saturated carbocycles. The zero-order valence-corrected chi connectivity index (χ0v) is 17.0. The van der Waals surface area contributed by atoms with E-state index >= 15 is 0 Å². The molecule has 0 unspecified atom stereocenters. The molecule has 3 rings (SSSR count). The number of amides is 1. The van der Waals surface area contributed by atoms with Crippen LogP contribution in [-0.2, 0) is 0 Å². The zero-order valence-electron chi connectivity index (χ0n) is 17.0. The van der Waals surface area contributed by atoms with Gasteiger partial charge in [0.15, 0.2) is 0 Å². The van der Waals surface area contributed by atoms with Crippen molar-refractivity contribution in [1.82, 2.24) is 10.3 Å². The molecule has 0 atom stereocenters. The standard InChI is InChI=1S/C20H31N5O3/c1-13-4-6-15(7-5-13)22-20(26)16-12-17(25(27)28)18(21-3)23-19(16)24-10-8-14(2)9-11-24/h12-15H,4-11H2,1-3H3,(H,21,23)(H,22,26). The van der Waals surface area contributed by atoms with Gasteiger partial charge in [0.2, 0.25) is 5.82 Å². The summed E-state index contributed by atoms with van der Waals surface area (Å²) in [5, 5.41) is 17.4. The maximum absolute atomic E-state index is 13.1. The van der Waals surface area contributed by atoms with Crippen molar-refractivity contribution in [3.05, 3.63) is 21.7 Å². The Hall–Kier alpha value is -2.38. The molecule has 0 aromatic carbocycles. The molecular formula is C20H31N5O3. The number of pyridine rings is 1. The first kappa shape index (κ1) is 20.4. The van der Waals surface area contributed by atoms with Gasteiger partial charge in [0, 0.05) is 32.2 Å². The number of aromatic nitrogens is 1. The average molecular weight is 390 g/mol. The molecule has 2 N–H and O–H groups in total. The number of hydrogen-bond donors (Lipinski definition) is 2. The monoisotopic (exact) mass is 389 g/mol. The van der Waals surface area contributed by atoms with E-state index in [1.165, 1.54) is 6.07 Å². The third kappa shape index (κ3) is 4.54. The predicted molar refractivity (Wildman–Crippen MR) is 110 cm³/mol. The van der Waals surface area contributed by atoms with Gasteiger partial charge in [-0.25, -0.2) is 4.98 Å². The van der Waals surface area contributed by atoms with Crippen molar-refractivity contribution in [2.75, 3.05) is 30.4 Å². The maximum Gasteiger partial charge on any atom is 0.312 e. The van der Waals surface area contributed by atoms with Gasteiger partial charge in [-0.2, -0.15) is 0 Å². The van der Waals surface area contributed by atoms with Gasteiger partial charge >= 0.3 is 5.69 Å². The Morgan fingerprint density at radius 3 is 2.32 bits per heavy atom. The number of anilines is 2. The van der Waals surface area contributed by atoms with Crippen molar-refractivity contribution in [2.45, 2.75) is 58.4 Å². The zero-order chi connectivity index (χ0) is 20.3. The minimum Gasteiger partial charge on any atom is -0.367 e. The molecule has 1 aliphatic carbocycles. The van der Waals surface area contributed by atoms with Gasteiger partial charge in [0.25, 0.3) is 5.91 Å². The molecule has 8 nitrogen and oxygen atoms in total. The summed E-state index contributed by atoms with van der Waals surface area (Å²) in [4.78, 5) is 30.7. The van der Waals surface area contributed by atoms with Crippen LogP contribution in [0.25, 0.3) is 0 Å². The number of carbonyl (C=O) groups is 1. The Kier molecular flexibility index (Phi) is 6.36. The van der Waals surface area contributed by atoms with Gasteiger partial charge in [-0.05, 0) is 50.4 Å². The van der Waals surface area contributed by atoms with E-state index in [0.717, 1.165) is 51.6 Å². The van der Waals surface area contributed by atoms with E-state index in [2.05, 4.69) is 34.4 Å². The van der Waals surface area contributed by atoms with Crippen LogP contribution < -0.4 is 15.5 Å². The van der Waals surface area contributed by atoms with Gasteiger partial charge in [-0.15, -0.1) is 0 Å². The molecule has 1 aromatic rings. The lowest BCUT2D eigenvalue weighted by Gasteiger charge is -2.33. The fourth-order valence-corrected chi connectivity index (χ4v) is 4.11. The molecule has 28 heavy (non-hydrogen) atoms. The second-order valence-corrected chi connectivity index (χ2v) is 8.33. The minimum absolute atomic E-state index is 0.126. The summed E-state index contributed by atoms with van der Waals surface area (Å²) in [6, 6.07) is 1.51. The van der Waals surface area contributed by atoms with Crippen LogP contribution >= 0.6 is 0 Å². The van der Waals surface area contributed by atoms with Crippen LogP contribution in [-0.4, -0.2) is 42.0 Å². The van der Waals surface area contributed by atoms with Crippen molar-refractivity contribution < 1.29 is 9.72 Å². The third-order valence-corrected chi connectivity index (χ3v) is 6.09. The lowest BCUT2D eigenvalue weighted by Crippen LogP contribution is -2.40. The summed E-state index contributed by atoms with van der Waals surface area (Å²) in [6.07, 6.45) is 6.14. The Bertz CT molecular complexity index is 723. The van der Waals surface area contributed by atoms with Gasteiger partial charge < -0.3 is 15.5 Å². The molecule has 0 spiro atoms. The lowest BCUT2D eigenvalue weighted by atomic mass is 9.87. The Balaban J connectivity index is 1.90. The number of nitro groups is 1. The molecule has 1 aromatic heterocycles. The Morgan fingerprint density at radius 2 is 1.75 bits per heavy atom. The SMILES string of the molecule is CNc1nc(N2CCC(C)CC2)c(C(=O)NC2CCC(C)CC2)cc1[N+](=O)[O-]. The highest BCUT2D eigenvalue weighted by Gasteiger charge is 2.29. The fourth-order valence-electron chi connectivity index (χ4n) is 4.11. The van der Waals surface area contributed by atoms with Crippen LogP contribution in [0.15, 0.2) is 6.07 Å². The minimum atomic E-state index is -0.486. The third-order valence-electron chi connectivity index (χ3n) is 6.09. The van der Waals surface area contributed by atoms with Crippen LogP contribution in [0.4, 0.5) is 17.3 Å². The number of hydrogen-bond acceptors (Lipinski definition) is 6. The van der Waals surface area contributed by atoms with Gasteiger partial charge in [-0.1, -0.05) is 13.8 Å². The van der Waals surface area contributed by atoms with Gasteiger partial charge in [-0.3, -0.25) is 14.9 Å². The molecule has 154 valence electrons. The number of nitrogens with zero attached hydrogens (tertiary/aromatic N) is 3. The topological polar surface area (TPSA) is 100 Å². The summed E-state index contributed by atoms with van der Waals surface area (Å²) >= 11 is 0. The molecule has 2 aliphatic rings. The van der Waals surface area contributed by atoms with Crippen molar-refractivity contribution in [3.63, 3.8) is 0 Å². The van der Waals surface area contributed by atoms with Crippen LogP contribution in [0.2, 0.25) is 0 Å². The molecule has 1 aliphatic heterocycles. The highest BCUT2D eigenvalue weighted by Crippen LogP contribution is 2.32. The summed E-state index contributed by atoms with van der Waals surface area (Å²) in [6.45, 7) is 6.06. The van der Waals surface area contributed by atoms with E-state index in [1.807, 2.05) is 0 Å². The largest absolute Gasteiger partial charge is 0.367 e. The fraction of sp³-hybridized carbons (Fsp3) is 0.700. The lowest BCUT2D eigenvalue weighted by molar-refractivity contribution is -0.384. The molecule has 0 radical (unpaired) electrons. The highest BCUT2D eigenvalue weighted by atomic mass is 16.6. The summed E-state index contributed by atoms with van der Waals surface area (Å²) in [7, 11) is 1.61. The number of carbonyl (C=O) groups excluding carboxylic acids is 1. The second kappa shape index (κ2) is 8.75. The van der Waals surface area contributed by atoms with Crippen LogP contribution in [0.5, 0.6) is 0 Å². The van der Waals surface area contributed by atoms with E-state index in [-0.39, 0.29) is 23.5 Å². The van der Waals surface area contributed by atoms with Crippen molar-refractivity contribution in [3.8, 4) is 0 Å². The molecular weight excluding hydrogens is 358 g/mol. The highest BCUT2D eigenvalue weighted by molar-refractivity contribution is 6.00. The average Bonchev–Trinajstić information content (AvgIpc) is 2.69. The van der Waals surface area contributed by atoms with Crippen LogP contribution in [0, 0.1) is 22.0 Å². The van der Waals surface area contributed by atoms with Crippen molar-refractivity contribution >= 4 is 23.2 Å². The molecule has 2 heterocycles. The summed E-state index contributed by atoms with van der Waals surface area (Å²) < 4.78 is 0. The maximum atomic E-state index is 13.1. The molecule has 8 heteroatoms. The first-order valence-electron chi connectivity index (χ1n) is 10.3. The number of rotatable bonds is 5. The van der Waals surface area contributed by atoms with E-state index in [9.17, 15) is 14.9 Å². The van der Waals surface area contributed by atoms with Gasteiger partial charge in [0.1, 0.15) is 5.82 Å². The smallest absolute Gasteiger partial charge is 0.312 e. The molecule has 1 amide bonds. The van der Waals surface area contributed by atoms with Crippen LogP contribution in [0.1, 0.15) is 62.7 Å². The quantitative estimate of drug-likeness (QED) is 0.590. The van der Waals surface area contributed by atoms with Gasteiger partial charge in [0.05, 0.1) is 10.5 Å². The molecule has 0 bridgehead atoms. The first-order chi connectivity index (χ1) is 13.4. The van der Waals surface area contributed by atoms with Crippen molar-refractivity contribution in [1.29, 1.82) is 0 Å². The number of nitrogens with one attached hydrogen (secondary N) is 2. The number of piperidine rings is 1. The van der Waals surface area contributed by atoms with Crippen LogP contribution in [0.3, 0.4) is 0 Å². The van der Waals surface area contributed by atoms with E-state index in [4.69, 9.17) is 0 Å². The van der Waals surface area contributed by atoms with E-state index < -0.39 is 4.92 Å². The predicted octanol–water partition coefficient (Wildman–Crippen LogP) is 3.58. The van der Waals surface area contributed by atoms with Crippen molar-refractivity contribution in [2.24, 2.45) is 11.8 Å². The van der Waals surface area contributed by atoms with E-state index in [0.29, 0.717) is 23.2 Å². The molecule has 2 fully saturated rings.